The highest BCUT2D eigenvalue weighted by Crippen LogP contribution is 2.78. The lowest BCUT2D eigenvalue weighted by Gasteiger charge is -2.73. The van der Waals surface area contributed by atoms with Gasteiger partial charge in [0.15, 0.2) is 0 Å². The van der Waals surface area contributed by atoms with Crippen molar-refractivity contribution in [1.29, 1.82) is 0 Å². The van der Waals surface area contributed by atoms with E-state index in [9.17, 15) is 9.59 Å². The zero-order valence-electron chi connectivity index (χ0n) is 32.1. The van der Waals surface area contributed by atoms with Crippen molar-refractivity contribution in [3.63, 3.8) is 0 Å². The summed E-state index contributed by atoms with van der Waals surface area (Å²) in [4.78, 5) is 30.7. The molecule has 0 spiro atoms. The minimum absolute atomic E-state index is 0.0866. The van der Waals surface area contributed by atoms with E-state index >= 15 is 0 Å². The lowest BCUT2D eigenvalue weighted by Crippen LogP contribution is -2.66. The Morgan fingerprint density at radius 2 is 1.45 bits per heavy atom. The molecule has 3 nitrogen and oxygen atoms in total. The van der Waals surface area contributed by atoms with Gasteiger partial charge in [0, 0.05) is 30.8 Å². The largest absolute Gasteiger partial charge is 0.342 e. The number of fused-ring (bicyclic) bond motifs is 7. The monoisotopic (exact) mass is 646 g/mol. The van der Waals surface area contributed by atoms with Crippen LogP contribution in [0.2, 0.25) is 0 Å². The highest BCUT2D eigenvalue weighted by molar-refractivity contribution is 5.87. The maximum Gasteiger partial charge on any atom is 0.226 e. The van der Waals surface area contributed by atoms with E-state index in [1.54, 1.807) is 0 Å². The molecule has 0 aromatic rings. The molecule has 1 amide bonds. The average molecular weight is 646 g/mol. The Hall–Kier alpha value is -1.12. The van der Waals surface area contributed by atoms with Crippen LogP contribution in [-0.4, -0.2) is 29.7 Å². The summed E-state index contributed by atoms with van der Waals surface area (Å²) in [6.07, 6.45) is 17.9. The molecule has 264 valence electrons. The molecule has 12 atom stereocenters. The molecule has 7 fully saturated rings. The van der Waals surface area contributed by atoms with Gasteiger partial charge in [0.05, 0.1) is 0 Å². The average Bonchev–Trinajstić information content (AvgIpc) is 3.43. The van der Waals surface area contributed by atoms with Gasteiger partial charge in [-0.05, 0) is 165 Å². The van der Waals surface area contributed by atoms with Gasteiger partial charge in [-0.25, -0.2) is 0 Å². The molecule has 0 bridgehead atoms. The van der Waals surface area contributed by atoms with Crippen LogP contribution in [0.25, 0.3) is 0 Å². The first kappa shape index (κ1) is 34.3. The van der Waals surface area contributed by atoms with Crippen LogP contribution in [0, 0.1) is 79.8 Å². The van der Waals surface area contributed by atoms with Crippen molar-refractivity contribution >= 4 is 11.7 Å². The maximum atomic E-state index is 15.0. The van der Waals surface area contributed by atoms with Crippen LogP contribution in [0.5, 0.6) is 0 Å². The van der Waals surface area contributed by atoms with Gasteiger partial charge in [0.25, 0.3) is 0 Å². The minimum atomic E-state index is -0.182. The van der Waals surface area contributed by atoms with Gasteiger partial charge in [-0.2, -0.15) is 0 Å². The molecule has 1 aliphatic heterocycles. The predicted octanol–water partition coefficient (Wildman–Crippen LogP) is 10.9. The first-order valence-corrected chi connectivity index (χ1v) is 20.4. The number of rotatable bonds is 5. The molecule has 3 heteroatoms. The van der Waals surface area contributed by atoms with Crippen LogP contribution >= 0.6 is 0 Å². The fourth-order valence-corrected chi connectivity index (χ4v) is 15.3. The van der Waals surface area contributed by atoms with Crippen LogP contribution in [-0.2, 0) is 9.59 Å². The van der Waals surface area contributed by atoms with Crippen molar-refractivity contribution in [2.24, 2.45) is 79.8 Å². The number of Topliss-reactive ketones (excluding diaryl/α,β-unsaturated/α-hetero) is 1. The highest BCUT2D eigenvalue weighted by atomic mass is 16.2. The molecule has 0 radical (unpaired) electrons. The molecular formula is C44H71NO2. The molecule has 6 saturated carbocycles. The van der Waals surface area contributed by atoms with E-state index in [0.717, 1.165) is 69.4 Å². The number of hydrogen-bond donors (Lipinski definition) is 0. The second-order valence-electron chi connectivity index (χ2n) is 20.9. The maximum absolute atomic E-state index is 15.0. The molecule has 7 aliphatic rings. The Morgan fingerprint density at radius 3 is 2.11 bits per heavy atom. The van der Waals surface area contributed by atoms with Gasteiger partial charge in [-0.15, -0.1) is 0 Å². The number of carbonyl (C=O) groups excluding carboxylic acids is 2. The number of carbonyl (C=O) groups is 2. The first-order valence-electron chi connectivity index (χ1n) is 20.4. The fourth-order valence-electron chi connectivity index (χ4n) is 15.3. The number of hydrogen-bond acceptors (Lipinski definition) is 2. The van der Waals surface area contributed by atoms with Crippen LogP contribution < -0.4 is 0 Å². The second kappa shape index (κ2) is 11.2. The van der Waals surface area contributed by atoms with E-state index in [1.807, 2.05) is 0 Å². The van der Waals surface area contributed by atoms with Crippen LogP contribution in [0.1, 0.15) is 159 Å². The summed E-state index contributed by atoms with van der Waals surface area (Å²) in [7, 11) is 0. The molecule has 7 rings (SSSR count). The molecule has 1 saturated heterocycles. The van der Waals surface area contributed by atoms with Crippen molar-refractivity contribution in [3.05, 3.63) is 12.2 Å². The van der Waals surface area contributed by atoms with Gasteiger partial charge < -0.3 is 4.90 Å². The SMILES string of the molecule is C=C(C)[C@@H]1CC[C@]2(C(=O)C[C@@H]3C[C@H](C(=O)N4CCCCC4)C3(C)C)CC[C@]3(C)[C@H](CC[C@@H]4[C@@]5(C)CC[C@H](C)C(C)(C)[C@@H]5CC[C@]43C)[C@@H]12. The Labute approximate surface area is 289 Å². The van der Waals surface area contributed by atoms with Gasteiger partial charge in [0.2, 0.25) is 5.91 Å². The molecular weight excluding hydrogens is 574 g/mol. The summed E-state index contributed by atoms with van der Waals surface area (Å²) >= 11 is 0. The summed E-state index contributed by atoms with van der Waals surface area (Å²) in [6, 6.07) is 0. The molecule has 6 aliphatic carbocycles. The summed E-state index contributed by atoms with van der Waals surface area (Å²) in [5, 5.41) is 0. The minimum Gasteiger partial charge on any atom is -0.342 e. The van der Waals surface area contributed by atoms with Gasteiger partial charge >= 0.3 is 0 Å². The van der Waals surface area contributed by atoms with Crippen molar-refractivity contribution in [2.75, 3.05) is 13.1 Å². The summed E-state index contributed by atoms with van der Waals surface area (Å²) in [5.74, 6) is 5.34. The first-order chi connectivity index (χ1) is 21.9. The zero-order valence-corrected chi connectivity index (χ0v) is 32.1. The number of ketones is 1. The quantitative estimate of drug-likeness (QED) is 0.279. The van der Waals surface area contributed by atoms with Crippen molar-refractivity contribution in [3.8, 4) is 0 Å². The zero-order chi connectivity index (χ0) is 33.9. The Bertz CT molecular complexity index is 1290. The Balaban J connectivity index is 1.15. The smallest absolute Gasteiger partial charge is 0.226 e. The van der Waals surface area contributed by atoms with Gasteiger partial charge in [-0.1, -0.05) is 67.5 Å². The van der Waals surface area contributed by atoms with E-state index in [0.29, 0.717) is 58.0 Å². The third-order valence-electron chi connectivity index (χ3n) is 19.0. The predicted molar refractivity (Wildman–Crippen MR) is 194 cm³/mol. The fraction of sp³-hybridized carbons (Fsp3) is 0.909. The van der Waals surface area contributed by atoms with E-state index in [4.69, 9.17) is 0 Å². The van der Waals surface area contributed by atoms with Gasteiger partial charge in [-0.3, -0.25) is 9.59 Å². The summed E-state index contributed by atoms with van der Waals surface area (Å²) in [6.45, 7) is 29.2. The van der Waals surface area contributed by atoms with E-state index in [-0.39, 0.29) is 22.2 Å². The number of allylic oxidation sites excluding steroid dienone is 1. The second-order valence-corrected chi connectivity index (χ2v) is 20.9. The van der Waals surface area contributed by atoms with Gasteiger partial charge in [0.1, 0.15) is 5.78 Å². The van der Waals surface area contributed by atoms with Crippen LogP contribution in [0.15, 0.2) is 12.2 Å². The highest BCUT2D eigenvalue weighted by Gasteiger charge is 2.72. The van der Waals surface area contributed by atoms with Crippen molar-refractivity contribution < 1.29 is 9.59 Å². The van der Waals surface area contributed by atoms with Crippen LogP contribution in [0.4, 0.5) is 0 Å². The lowest BCUT2D eigenvalue weighted by atomic mass is 9.31. The summed E-state index contributed by atoms with van der Waals surface area (Å²) in [5.41, 5.74) is 2.54. The molecule has 0 unspecified atom stereocenters. The molecule has 0 aromatic carbocycles. The number of nitrogens with zero attached hydrogens (tertiary/aromatic N) is 1. The lowest BCUT2D eigenvalue weighted by molar-refractivity contribution is -0.240. The van der Waals surface area contributed by atoms with E-state index in [1.165, 1.54) is 56.9 Å². The molecule has 47 heavy (non-hydrogen) atoms. The summed E-state index contributed by atoms with van der Waals surface area (Å²) < 4.78 is 0. The van der Waals surface area contributed by atoms with Crippen molar-refractivity contribution in [2.45, 2.75) is 159 Å². The topological polar surface area (TPSA) is 37.4 Å². The standard InChI is InChI=1S/C44H71NO2/c1-28(2)31-17-21-44(36(46)27-30-26-33(40(30,6)7)38(47)45-24-12-11-13-25-45)23-22-42(9)32(37(31)44)14-15-35-41(8)19-16-29(3)39(4,5)34(41)18-20-43(35,42)10/h29-35,37H,1,11-27H2,2-10H3/t29-,30-,31-,32+,33+,34-,35+,37+,41-,42+,43+,44+/m0/s1. The number of likely N-dealkylation sites (tertiary alicyclic amines) is 1. The van der Waals surface area contributed by atoms with E-state index in [2.05, 4.69) is 73.8 Å². The molecule has 1 heterocycles. The Morgan fingerprint density at radius 1 is 0.745 bits per heavy atom. The normalized spacial score (nSPS) is 49.9. The number of piperidine rings is 1. The molecule has 0 N–H and O–H groups in total. The van der Waals surface area contributed by atoms with E-state index < -0.39 is 0 Å². The third kappa shape index (κ3) is 4.60. The number of amides is 1. The Kier molecular flexibility index (Phi) is 8.17. The molecule has 0 aromatic heterocycles. The third-order valence-corrected chi connectivity index (χ3v) is 19.0. The van der Waals surface area contributed by atoms with Crippen LogP contribution in [0.3, 0.4) is 0 Å². The van der Waals surface area contributed by atoms with Crippen molar-refractivity contribution in [1.82, 2.24) is 4.90 Å².